The maximum Gasteiger partial charge on any atom is 0.220 e. The summed E-state index contributed by atoms with van der Waals surface area (Å²) in [5.41, 5.74) is 0. The zero-order valence-corrected chi connectivity index (χ0v) is 37.6. The van der Waals surface area contributed by atoms with Crippen molar-refractivity contribution in [1.29, 1.82) is 0 Å². The molecule has 9 heteroatoms. The van der Waals surface area contributed by atoms with Crippen LogP contribution in [0, 0.1) is 0 Å². The van der Waals surface area contributed by atoms with E-state index >= 15 is 0 Å². The van der Waals surface area contributed by atoms with Crippen LogP contribution in [0.4, 0.5) is 0 Å². The number of hydrogen-bond donors (Lipinski definition) is 6. The molecule has 1 fully saturated rings. The molecule has 1 heterocycles. The van der Waals surface area contributed by atoms with Crippen LogP contribution in [0.5, 0.6) is 0 Å². The number of aliphatic hydroxyl groups is 5. The van der Waals surface area contributed by atoms with Crippen LogP contribution in [0.2, 0.25) is 0 Å². The molecular weight excluding hydrogens is 731 g/mol. The van der Waals surface area contributed by atoms with E-state index in [-0.39, 0.29) is 12.5 Å². The number of rotatable bonds is 41. The van der Waals surface area contributed by atoms with Gasteiger partial charge >= 0.3 is 0 Å². The van der Waals surface area contributed by atoms with Crippen LogP contribution in [-0.2, 0) is 14.3 Å². The van der Waals surface area contributed by atoms with Gasteiger partial charge in [0.15, 0.2) is 6.29 Å². The van der Waals surface area contributed by atoms with Gasteiger partial charge in [0.05, 0.1) is 25.4 Å². The third kappa shape index (κ3) is 29.8. The van der Waals surface area contributed by atoms with E-state index in [1.807, 2.05) is 6.08 Å². The summed E-state index contributed by atoms with van der Waals surface area (Å²) in [5, 5.41) is 54.2. The van der Waals surface area contributed by atoms with Gasteiger partial charge in [-0.25, -0.2) is 0 Å². The van der Waals surface area contributed by atoms with Crippen LogP contribution >= 0.6 is 0 Å². The fourth-order valence-electron chi connectivity index (χ4n) is 7.80. The van der Waals surface area contributed by atoms with Gasteiger partial charge in [0, 0.05) is 6.42 Å². The average molecular weight is 824 g/mol. The minimum absolute atomic E-state index is 0.177. The van der Waals surface area contributed by atoms with Gasteiger partial charge in [0.25, 0.3) is 0 Å². The Kier molecular flexibility index (Phi) is 37.5. The molecule has 7 unspecified atom stereocenters. The molecule has 7 atom stereocenters. The zero-order chi connectivity index (χ0) is 42.3. The Morgan fingerprint density at radius 1 is 0.569 bits per heavy atom. The molecule has 6 N–H and O–H groups in total. The molecule has 1 saturated heterocycles. The largest absolute Gasteiger partial charge is 0.394 e. The number of carbonyl (C=O) groups excluding carboxylic acids is 1. The highest BCUT2D eigenvalue weighted by molar-refractivity contribution is 5.76. The molecule has 9 nitrogen and oxygen atoms in total. The molecular formula is C49H93NO8. The SMILES string of the molecule is CCCCCCCCCC/C=C\CCCCCCCCCCCCCC(=O)NC(COC1OC(CO)C(O)C(O)C1O)C(O)/C=C/CCCCCCCCCCCC. The van der Waals surface area contributed by atoms with E-state index < -0.39 is 49.5 Å². The van der Waals surface area contributed by atoms with E-state index in [9.17, 15) is 30.3 Å². The van der Waals surface area contributed by atoms with E-state index in [0.29, 0.717) is 6.42 Å². The lowest BCUT2D eigenvalue weighted by atomic mass is 9.99. The minimum Gasteiger partial charge on any atom is -0.394 e. The number of amides is 1. The van der Waals surface area contributed by atoms with Crippen molar-refractivity contribution in [2.24, 2.45) is 0 Å². The van der Waals surface area contributed by atoms with E-state index in [0.717, 1.165) is 38.5 Å². The topological polar surface area (TPSA) is 149 Å². The lowest BCUT2D eigenvalue weighted by Crippen LogP contribution is -2.60. The van der Waals surface area contributed by atoms with Gasteiger partial charge in [-0.05, 0) is 44.9 Å². The first-order valence-electron chi connectivity index (χ1n) is 24.6. The van der Waals surface area contributed by atoms with Gasteiger partial charge in [0.2, 0.25) is 5.91 Å². The van der Waals surface area contributed by atoms with E-state index in [2.05, 4.69) is 31.3 Å². The number of allylic oxidation sites excluding steroid dienone is 3. The molecule has 1 rings (SSSR count). The second-order valence-electron chi connectivity index (χ2n) is 17.3. The number of aliphatic hydroxyl groups excluding tert-OH is 5. The van der Waals surface area contributed by atoms with Crippen molar-refractivity contribution in [1.82, 2.24) is 5.32 Å². The Morgan fingerprint density at radius 3 is 1.40 bits per heavy atom. The lowest BCUT2D eigenvalue weighted by molar-refractivity contribution is -0.302. The Labute approximate surface area is 356 Å². The molecule has 0 aromatic carbocycles. The summed E-state index contributed by atoms with van der Waals surface area (Å²) in [5.74, 6) is -0.177. The van der Waals surface area contributed by atoms with Crippen LogP contribution in [0.25, 0.3) is 0 Å². The monoisotopic (exact) mass is 824 g/mol. The highest BCUT2D eigenvalue weighted by atomic mass is 16.7. The number of nitrogens with one attached hydrogen (secondary N) is 1. The molecule has 342 valence electrons. The van der Waals surface area contributed by atoms with E-state index in [1.165, 1.54) is 167 Å². The molecule has 0 aliphatic carbocycles. The molecule has 0 radical (unpaired) electrons. The molecule has 1 amide bonds. The van der Waals surface area contributed by atoms with Crippen molar-refractivity contribution >= 4 is 5.91 Å². The number of ether oxygens (including phenoxy) is 2. The van der Waals surface area contributed by atoms with Crippen LogP contribution in [0.15, 0.2) is 24.3 Å². The second-order valence-corrected chi connectivity index (χ2v) is 17.3. The summed E-state index contributed by atoms with van der Waals surface area (Å²) in [6.45, 7) is 3.77. The molecule has 1 aliphatic heterocycles. The van der Waals surface area contributed by atoms with E-state index in [4.69, 9.17) is 9.47 Å². The quantitative estimate of drug-likeness (QED) is 0.0264. The summed E-state index contributed by atoms with van der Waals surface area (Å²) < 4.78 is 11.2. The summed E-state index contributed by atoms with van der Waals surface area (Å²) in [7, 11) is 0. The van der Waals surface area contributed by atoms with Crippen molar-refractivity contribution in [3.8, 4) is 0 Å². The maximum absolute atomic E-state index is 13.0. The minimum atomic E-state index is -1.56. The van der Waals surface area contributed by atoms with Crippen molar-refractivity contribution < 1.29 is 39.8 Å². The molecule has 58 heavy (non-hydrogen) atoms. The summed E-state index contributed by atoms with van der Waals surface area (Å²) in [4.78, 5) is 13.0. The van der Waals surface area contributed by atoms with Gasteiger partial charge < -0.3 is 40.3 Å². The summed E-state index contributed by atoms with van der Waals surface area (Å²) in [6.07, 6.45) is 40.8. The number of hydrogen-bond acceptors (Lipinski definition) is 8. The average Bonchev–Trinajstić information content (AvgIpc) is 3.22. The lowest BCUT2D eigenvalue weighted by Gasteiger charge is -2.40. The highest BCUT2D eigenvalue weighted by Gasteiger charge is 2.44. The third-order valence-corrected chi connectivity index (χ3v) is 11.8. The van der Waals surface area contributed by atoms with Crippen molar-refractivity contribution in [3.63, 3.8) is 0 Å². The fourth-order valence-corrected chi connectivity index (χ4v) is 7.80. The predicted octanol–water partition coefficient (Wildman–Crippen LogP) is 10.7. The van der Waals surface area contributed by atoms with Gasteiger partial charge in [-0.2, -0.15) is 0 Å². The Balaban J connectivity index is 2.26. The van der Waals surface area contributed by atoms with Gasteiger partial charge in [-0.3, -0.25) is 4.79 Å². The predicted molar refractivity (Wildman–Crippen MR) is 240 cm³/mol. The first-order valence-corrected chi connectivity index (χ1v) is 24.6. The number of unbranched alkanes of at least 4 members (excludes halogenated alkanes) is 29. The van der Waals surface area contributed by atoms with Gasteiger partial charge in [0.1, 0.15) is 24.4 Å². The van der Waals surface area contributed by atoms with Crippen LogP contribution in [-0.4, -0.2) is 87.5 Å². The first kappa shape index (κ1) is 54.7. The highest BCUT2D eigenvalue weighted by Crippen LogP contribution is 2.23. The van der Waals surface area contributed by atoms with Crippen LogP contribution in [0.3, 0.4) is 0 Å². The Bertz CT molecular complexity index is 961. The molecule has 0 saturated carbocycles. The van der Waals surface area contributed by atoms with E-state index in [1.54, 1.807) is 6.08 Å². The van der Waals surface area contributed by atoms with Crippen molar-refractivity contribution in [2.45, 2.75) is 269 Å². The summed E-state index contributed by atoms with van der Waals surface area (Å²) in [6, 6.07) is -0.801. The van der Waals surface area contributed by atoms with Crippen molar-refractivity contribution in [2.75, 3.05) is 13.2 Å². The van der Waals surface area contributed by atoms with Crippen molar-refractivity contribution in [3.05, 3.63) is 24.3 Å². The Hall–Kier alpha value is -1.33. The molecule has 1 aliphatic rings. The fraction of sp³-hybridized carbons (Fsp3) is 0.898. The Morgan fingerprint density at radius 2 is 0.966 bits per heavy atom. The second kappa shape index (κ2) is 39.8. The van der Waals surface area contributed by atoms with Gasteiger partial charge in [-0.1, -0.05) is 199 Å². The third-order valence-electron chi connectivity index (χ3n) is 11.8. The zero-order valence-electron chi connectivity index (χ0n) is 37.6. The normalized spacial score (nSPS) is 21.0. The molecule has 0 aromatic rings. The summed E-state index contributed by atoms with van der Waals surface area (Å²) >= 11 is 0. The molecule has 0 aromatic heterocycles. The smallest absolute Gasteiger partial charge is 0.220 e. The standard InChI is InChI=1S/C49H93NO8/c1-3-5-7-9-11-13-15-17-18-19-20-21-22-23-24-25-26-27-29-31-33-35-37-39-45(53)50-42(41-57-49-48(56)47(55)46(54)44(40-51)58-49)43(52)38-36-34-32-30-28-16-14-12-10-8-6-4-2/h19-20,36,38,42-44,46-49,51-52,54-56H,3-18,21-35,37,39-41H2,1-2H3,(H,50,53)/b20-19-,38-36+. The molecule has 0 spiro atoms. The number of carbonyl (C=O) groups is 1. The van der Waals surface area contributed by atoms with Crippen LogP contribution in [0.1, 0.15) is 226 Å². The molecule has 0 bridgehead atoms. The van der Waals surface area contributed by atoms with Crippen LogP contribution < -0.4 is 5.32 Å². The first-order chi connectivity index (χ1) is 28.3. The maximum atomic E-state index is 13.0. The van der Waals surface area contributed by atoms with Gasteiger partial charge in [-0.15, -0.1) is 0 Å².